The first-order valence-electron chi connectivity index (χ1n) is 6.06. The molecule has 2 N–H and O–H groups in total. The van der Waals surface area contributed by atoms with Gasteiger partial charge in [0.2, 0.25) is 10.0 Å². The second-order valence-electron chi connectivity index (χ2n) is 4.67. The van der Waals surface area contributed by atoms with Crippen LogP contribution in [0.1, 0.15) is 38.2 Å². The molecule has 0 aromatic carbocycles. The van der Waals surface area contributed by atoms with Crippen LogP contribution in [0.25, 0.3) is 0 Å². The molecule has 0 amide bonds. The number of nitrogens with two attached hydrogens (primary N) is 1. The Hall–Kier alpha value is -0.880. The van der Waals surface area contributed by atoms with E-state index in [-0.39, 0.29) is 14.3 Å². The van der Waals surface area contributed by atoms with E-state index >= 15 is 0 Å². The average molecular weight is 333 g/mol. The minimum atomic E-state index is -3.90. The maximum Gasteiger partial charge on any atom is 0.247 e. The van der Waals surface area contributed by atoms with Crippen molar-refractivity contribution in [3.63, 3.8) is 0 Å². The molecule has 0 spiro atoms. The van der Waals surface area contributed by atoms with Crippen molar-refractivity contribution in [1.82, 2.24) is 0 Å². The highest BCUT2D eigenvalue weighted by atomic mass is 32.3. The van der Waals surface area contributed by atoms with Crippen LogP contribution in [0.2, 0.25) is 0 Å². The van der Waals surface area contributed by atoms with Crippen LogP contribution in [-0.4, -0.2) is 22.1 Å². The molecule has 0 radical (unpaired) electrons. The van der Waals surface area contributed by atoms with E-state index in [1.54, 1.807) is 6.92 Å². The van der Waals surface area contributed by atoms with E-state index in [1.165, 1.54) is 6.07 Å². The van der Waals surface area contributed by atoms with Crippen LogP contribution in [0, 0.1) is 11.8 Å². The van der Waals surface area contributed by atoms with E-state index in [9.17, 15) is 16.8 Å². The molecule has 2 rings (SSSR count). The van der Waals surface area contributed by atoms with Gasteiger partial charge in [-0.05, 0) is 25.0 Å². The first kappa shape index (κ1) is 15.5. The molecule has 110 valence electrons. The van der Waals surface area contributed by atoms with E-state index in [0.717, 1.165) is 11.3 Å². The summed E-state index contributed by atoms with van der Waals surface area (Å²) in [4.78, 5) is 0. The number of fused-ring (bicyclic) bond motifs is 1. The Morgan fingerprint density at radius 2 is 2.15 bits per heavy atom. The number of hydrogen-bond acceptors (Lipinski definition) is 5. The van der Waals surface area contributed by atoms with Crippen LogP contribution in [0.4, 0.5) is 0 Å². The van der Waals surface area contributed by atoms with E-state index in [2.05, 4.69) is 11.8 Å². The summed E-state index contributed by atoms with van der Waals surface area (Å²) < 4.78 is 47.4. The van der Waals surface area contributed by atoms with Crippen LogP contribution in [0.3, 0.4) is 0 Å². The highest BCUT2D eigenvalue weighted by Gasteiger charge is 2.38. The minimum Gasteiger partial charge on any atom is -0.224 e. The molecule has 2 atom stereocenters. The Labute approximate surface area is 123 Å². The summed E-state index contributed by atoms with van der Waals surface area (Å²) in [6.07, 6.45) is 1.04. The molecule has 0 saturated heterocycles. The van der Waals surface area contributed by atoms with Gasteiger partial charge in [-0.1, -0.05) is 12.8 Å². The lowest BCUT2D eigenvalue weighted by Crippen LogP contribution is -2.25. The third kappa shape index (κ3) is 2.63. The third-order valence-electron chi connectivity index (χ3n) is 3.17. The van der Waals surface area contributed by atoms with Crippen molar-refractivity contribution in [2.75, 3.05) is 0 Å². The van der Waals surface area contributed by atoms with Gasteiger partial charge >= 0.3 is 0 Å². The normalized spacial score (nSPS) is 24.6. The van der Waals surface area contributed by atoms with Crippen molar-refractivity contribution in [3.05, 3.63) is 11.6 Å². The molecule has 0 saturated carbocycles. The second-order valence-corrected chi connectivity index (χ2v) is 10.1. The maximum atomic E-state index is 12.3. The molecule has 0 fully saturated rings. The Balaban J connectivity index is 2.68. The molecule has 0 bridgehead atoms. The van der Waals surface area contributed by atoms with Gasteiger partial charge in [-0.2, -0.15) is 0 Å². The summed E-state index contributed by atoms with van der Waals surface area (Å²) in [6.45, 7) is 3.52. The van der Waals surface area contributed by atoms with Crippen molar-refractivity contribution in [2.45, 2.75) is 46.3 Å². The molecule has 1 aromatic rings. The summed E-state index contributed by atoms with van der Waals surface area (Å²) in [5.41, 5.74) is 0.470. The van der Waals surface area contributed by atoms with Gasteiger partial charge in [0.15, 0.2) is 9.84 Å². The summed E-state index contributed by atoms with van der Waals surface area (Å²) in [5, 5.41) is 4.52. The minimum absolute atomic E-state index is 0.0932. The summed E-state index contributed by atoms with van der Waals surface area (Å²) in [5.74, 6) is 5.70. The lowest BCUT2D eigenvalue weighted by Gasteiger charge is -2.23. The lowest BCUT2D eigenvalue weighted by molar-refractivity contribution is 0.562. The molecule has 0 unspecified atom stereocenters. The highest BCUT2D eigenvalue weighted by Crippen LogP contribution is 2.43. The van der Waals surface area contributed by atoms with Crippen molar-refractivity contribution in [2.24, 2.45) is 5.14 Å². The fourth-order valence-electron chi connectivity index (χ4n) is 2.10. The van der Waals surface area contributed by atoms with Crippen molar-refractivity contribution in [1.29, 1.82) is 0 Å². The molecule has 2 heterocycles. The second kappa shape index (κ2) is 5.15. The number of rotatable bonds is 1. The smallest absolute Gasteiger partial charge is 0.224 e. The summed E-state index contributed by atoms with van der Waals surface area (Å²) >= 11 is 0.721. The zero-order valence-corrected chi connectivity index (χ0v) is 13.5. The average Bonchev–Trinajstić information content (AvgIpc) is 2.78. The van der Waals surface area contributed by atoms with E-state index < -0.39 is 25.1 Å². The van der Waals surface area contributed by atoms with Crippen molar-refractivity contribution >= 4 is 31.2 Å². The van der Waals surface area contributed by atoms with Crippen molar-refractivity contribution in [3.8, 4) is 11.8 Å². The predicted octanol–water partition coefficient (Wildman–Crippen LogP) is 1.46. The fraction of sp³-hybridized carbons (Fsp3) is 0.500. The first-order valence-corrected chi connectivity index (χ1v) is 9.97. The Bertz CT molecular complexity index is 793. The SMILES string of the molecule is CCC#C[C@H]1C[C@H](C)S(=O)(=O)c2sc(S(N)(=O)=O)cc21. The van der Waals surface area contributed by atoms with Gasteiger partial charge in [-0.25, -0.2) is 22.0 Å². The Morgan fingerprint density at radius 3 is 2.70 bits per heavy atom. The van der Waals surface area contributed by atoms with Gasteiger partial charge < -0.3 is 0 Å². The number of hydrogen-bond donors (Lipinski definition) is 1. The van der Waals surface area contributed by atoms with E-state index in [0.29, 0.717) is 18.4 Å². The third-order valence-corrected chi connectivity index (χ3v) is 8.48. The molecule has 0 aliphatic carbocycles. The molecule has 5 nitrogen and oxygen atoms in total. The molecule has 1 aromatic heterocycles. The van der Waals surface area contributed by atoms with E-state index in [1.807, 2.05) is 6.92 Å². The topological polar surface area (TPSA) is 94.3 Å². The Kier molecular flexibility index (Phi) is 3.99. The predicted molar refractivity (Wildman–Crippen MR) is 77.8 cm³/mol. The number of primary sulfonamides is 1. The fourth-order valence-corrected chi connectivity index (χ4v) is 6.52. The molecule has 1 aliphatic heterocycles. The molecular weight excluding hydrogens is 318 g/mol. The molecule has 20 heavy (non-hydrogen) atoms. The van der Waals surface area contributed by atoms with Crippen LogP contribution in [-0.2, 0) is 19.9 Å². The van der Waals surface area contributed by atoms with Gasteiger partial charge in [0, 0.05) is 12.3 Å². The quantitative estimate of drug-likeness (QED) is 0.787. The Morgan fingerprint density at radius 1 is 1.50 bits per heavy atom. The first-order chi connectivity index (χ1) is 9.17. The van der Waals surface area contributed by atoms with Gasteiger partial charge in [-0.3, -0.25) is 0 Å². The molecule has 8 heteroatoms. The lowest BCUT2D eigenvalue weighted by atomic mass is 9.97. The van der Waals surface area contributed by atoms with Gasteiger partial charge in [0.1, 0.15) is 8.42 Å². The monoisotopic (exact) mass is 333 g/mol. The molecule has 1 aliphatic rings. The summed E-state index contributed by atoms with van der Waals surface area (Å²) in [7, 11) is -7.39. The highest BCUT2D eigenvalue weighted by molar-refractivity contribution is 7.95. The van der Waals surface area contributed by atoms with Crippen LogP contribution in [0.5, 0.6) is 0 Å². The van der Waals surface area contributed by atoms with Crippen molar-refractivity contribution < 1.29 is 16.8 Å². The zero-order chi connectivity index (χ0) is 15.1. The number of sulfonamides is 1. The van der Waals surface area contributed by atoms with E-state index in [4.69, 9.17) is 5.14 Å². The van der Waals surface area contributed by atoms with Crippen LogP contribution in [0.15, 0.2) is 14.5 Å². The van der Waals surface area contributed by atoms with Gasteiger partial charge in [0.05, 0.1) is 5.25 Å². The maximum absolute atomic E-state index is 12.3. The zero-order valence-electron chi connectivity index (χ0n) is 11.1. The number of thiophene rings is 1. The van der Waals surface area contributed by atoms with Gasteiger partial charge in [-0.15, -0.1) is 17.3 Å². The standard InChI is InChI=1S/C12H15NO4S3/c1-3-4-5-9-6-8(2)19(14,15)12-10(9)7-11(18-12)20(13,16)17/h7-9H,3,6H2,1-2H3,(H2,13,16,17)/t8-,9-/m0/s1. The summed E-state index contributed by atoms with van der Waals surface area (Å²) in [6, 6.07) is 1.35. The molecular formula is C12H15NO4S3. The van der Waals surface area contributed by atoms with Crippen LogP contribution < -0.4 is 5.14 Å². The van der Waals surface area contributed by atoms with Crippen LogP contribution >= 0.6 is 11.3 Å². The van der Waals surface area contributed by atoms with Gasteiger partial charge in [0.25, 0.3) is 0 Å². The number of sulfone groups is 1. The largest absolute Gasteiger partial charge is 0.247 e.